The SMILES string of the molecule is CCC1CCC(O)(CNc2nccc(C#N)c2Cl)CC1. The minimum Gasteiger partial charge on any atom is -0.388 e. The van der Waals surface area contributed by atoms with E-state index in [9.17, 15) is 5.11 Å². The van der Waals surface area contributed by atoms with Crippen molar-refractivity contribution in [2.45, 2.75) is 44.6 Å². The minimum absolute atomic E-state index is 0.320. The van der Waals surface area contributed by atoms with Crippen molar-refractivity contribution in [3.8, 4) is 6.07 Å². The van der Waals surface area contributed by atoms with Crippen molar-refractivity contribution in [1.82, 2.24) is 4.98 Å². The second kappa shape index (κ2) is 6.43. The number of hydrogen-bond donors (Lipinski definition) is 2. The number of nitriles is 1. The summed E-state index contributed by atoms with van der Waals surface area (Å²) in [5.41, 5.74) is -0.301. The molecule has 2 N–H and O–H groups in total. The summed E-state index contributed by atoms with van der Waals surface area (Å²) in [4.78, 5) is 4.13. The molecule has 5 heteroatoms. The van der Waals surface area contributed by atoms with E-state index in [0.717, 1.165) is 31.6 Å². The molecule has 108 valence electrons. The molecule has 0 amide bonds. The van der Waals surface area contributed by atoms with Gasteiger partial charge in [-0.1, -0.05) is 24.9 Å². The lowest BCUT2D eigenvalue weighted by Crippen LogP contribution is -2.40. The zero-order chi connectivity index (χ0) is 14.6. The van der Waals surface area contributed by atoms with Gasteiger partial charge >= 0.3 is 0 Å². The molecular formula is C15H20ClN3O. The van der Waals surface area contributed by atoms with Gasteiger partial charge in [0.25, 0.3) is 0 Å². The van der Waals surface area contributed by atoms with Gasteiger partial charge < -0.3 is 10.4 Å². The van der Waals surface area contributed by atoms with Gasteiger partial charge in [-0.15, -0.1) is 0 Å². The normalized spacial score (nSPS) is 26.0. The third-order valence-electron chi connectivity index (χ3n) is 4.21. The van der Waals surface area contributed by atoms with Gasteiger partial charge in [0.15, 0.2) is 0 Å². The summed E-state index contributed by atoms with van der Waals surface area (Å²) in [6, 6.07) is 3.60. The highest BCUT2D eigenvalue weighted by Crippen LogP contribution is 2.34. The summed E-state index contributed by atoms with van der Waals surface area (Å²) in [6.45, 7) is 2.62. The number of hydrogen-bond acceptors (Lipinski definition) is 4. The second-order valence-electron chi connectivity index (χ2n) is 5.56. The fraction of sp³-hybridized carbons (Fsp3) is 0.600. The molecule has 20 heavy (non-hydrogen) atoms. The van der Waals surface area contributed by atoms with Crippen LogP contribution in [0.5, 0.6) is 0 Å². The van der Waals surface area contributed by atoms with E-state index in [1.807, 2.05) is 6.07 Å². The molecule has 1 saturated carbocycles. The minimum atomic E-state index is -0.695. The summed E-state index contributed by atoms with van der Waals surface area (Å²) in [6.07, 6.45) is 6.45. The van der Waals surface area contributed by atoms with Crippen molar-refractivity contribution in [1.29, 1.82) is 5.26 Å². The highest BCUT2D eigenvalue weighted by atomic mass is 35.5. The monoisotopic (exact) mass is 293 g/mol. The number of aromatic nitrogens is 1. The quantitative estimate of drug-likeness (QED) is 0.893. The Morgan fingerprint density at radius 2 is 2.25 bits per heavy atom. The summed E-state index contributed by atoms with van der Waals surface area (Å²) < 4.78 is 0. The lowest BCUT2D eigenvalue weighted by Gasteiger charge is -2.36. The molecule has 0 unspecified atom stereocenters. The predicted octanol–water partition coefficient (Wildman–Crippen LogP) is 3.35. The Balaban J connectivity index is 1.97. The van der Waals surface area contributed by atoms with Crippen LogP contribution in [0, 0.1) is 17.2 Å². The fourth-order valence-corrected chi connectivity index (χ4v) is 2.92. The second-order valence-corrected chi connectivity index (χ2v) is 5.94. The maximum Gasteiger partial charge on any atom is 0.146 e. The van der Waals surface area contributed by atoms with Crippen molar-refractivity contribution in [3.63, 3.8) is 0 Å². The van der Waals surface area contributed by atoms with E-state index in [-0.39, 0.29) is 0 Å². The van der Waals surface area contributed by atoms with Crippen LogP contribution in [0.15, 0.2) is 12.3 Å². The highest BCUT2D eigenvalue weighted by Gasteiger charge is 2.32. The van der Waals surface area contributed by atoms with Crippen LogP contribution in [0.1, 0.15) is 44.6 Å². The number of halogens is 1. The fourth-order valence-electron chi connectivity index (χ4n) is 2.70. The first-order valence-corrected chi connectivity index (χ1v) is 7.46. The number of nitrogens with one attached hydrogen (secondary N) is 1. The molecular weight excluding hydrogens is 274 g/mol. The molecule has 4 nitrogen and oxygen atoms in total. The largest absolute Gasteiger partial charge is 0.388 e. The molecule has 0 aliphatic heterocycles. The van der Waals surface area contributed by atoms with E-state index in [4.69, 9.17) is 16.9 Å². The van der Waals surface area contributed by atoms with E-state index in [1.54, 1.807) is 12.3 Å². The lowest BCUT2D eigenvalue weighted by molar-refractivity contribution is 0.00223. The molecule has 0 atom stereocenters. The average molecular weight is 294 g/mol. The lowest BCUT2D eigenvalue weighted by atomic mass is 9.78. The number of rotatable bonds is 4. The van der Waals surface area contributed by atoms with Crippen LogP contribution in [0.2, 0.25) is 5.02 Å². The zero-order valence-electron chi connectivity index (χ0n) is 11.7. The van der Waals surface area contributed by atoms with Crippen molar-refractivity contribution in [2.75, 3.05) is 11.9 Å². The van der Waals surface area contributed by atoms with Gasteiger partial charge in [0.2, 0.25) is 0 Å². The number of pyridine rings is 1. The molecule has 1 aliphatic rings. The van der Waals surface area contributed by atoms with Gasteiger partial charge in [-0.3, -0.25) is 0 Å². The van der Waals surface area contributed by atoms with Crippen molar-refractivity contribution < 1.29 is 5.11 Å². The molecule has 1 aromatic rings. The van der Waals surface area contributed by atoms with Crippen LogP contribution in [0.3, 0.4) is 0 Å². The molecule has 1 fully saturated rings. The van der Waals surface area contributed by atoms with E-state index in [0.29, 0.717) is 22.9 Å². The summed E-state index contributed by atoms with van der Waals surface area (Å²) in [7, 11) is 0. The van der Waals surface area contributed by atoms with Gasteiger partial charge in [-0.05, 0) is 37.7 Å². The summed E-state index contributed by atoms with van der Waals surface area (Å²) >= 11 is 6.09. The zero-order valence-corrected chi connectivity index (χ0v) is 12.5. The Hall–Kier alpha value is -1.31. The number of aliphatic hydroxyl groups is 1. The number of nitrogens with zero attached hydrogens (tertiary/aromatic N) is 2. The smallest absolute Gasteiger partial charge is 0.146 e. The van der Waals surface area contributed by atoms with Gasteiger partial charge in [-0.2, -0.15) is 5.26 Å². The Morgan fingerprint density at radius 1 is 1.55 bits per heavy atom. The van der Waals surface area contributed by atoms with Gasteiger partial charge in [0.1, 0.15) is 16.9 Å². The number of anilines is 1. The third-order valence-corrected chi connectivity index (χ3v) is 4.59. The van der Waals surface area contributed by atoms with Gasteiger partial charge in [-0.25, -0.2) is 4.98 Å². The molecule has 1 heterocycles. The van der Waals surface area contributed by atoms with Crippen LogP contribution in [-0.4, -0.2) is 22.2 Å². The Bertz CT molecular complexity index is 504. The highest BCUT2D eigenvalue weighted by molar-refractivity contribution is 6.34. The Labute approximate surface area is 124 Å². The van der Waals surface area contributed by atoms with E-state index >= 15 is 0 Å². The summed E-state index contributed by atoms with van der Waals surface area (Å²) in [5, 5.41) is 22.9. The third kappa shape index (κ3) is 3.41. The molecule has 0 saturated heterocycles. The van der Waals surface area contributed by atoms with Gasteiger partial charge in [0.05, 0.1) is 11.2 Å². The molecule has 1 aliphatic carbocycles. The van der Waals surface area contributed by atoms with E-state index < -0.39 is 5.60 Å². The van der Waals surface area contributed by atoms with Crippen LogP contribution in [0.25, 0.3) is 0 Å². The maximum atomic E-state index is 10.6. The van der Waals surface area contributed by atoms with Crippen LogP contribution in [0.4, 0.5) is 5.82 Å². The standard InChI is InChI=1S/C15H20ClN3O/c1-2-11-3-6-15(20,7-4-11)10-19-14-13(16)12(9-17)5-8-18-14/h5,8,11,20H,2-4,6-7,10H2,1H3,(H,18,19). The Kier molecular flexibility index (Phi) is 4.85. The Morgan fingerprint density at radius 3 is 2.85 bits per heavy atom. The van der Waals surface area contributed by atoms with Crippen LogP contribution in [-0.2, 0) is 0 Å². The van der Waals surface area contributed by atoms with E-state index in [2.05, 4.69) is 17.2 Å². The molecule has 2 rings (SSSR count). The topological polar surface area (TPSA) is 68.9 Å². The molecule has 0 bridgehead atoms. The van der Waals surface area contributed by atoms with Crippen molar-refractivity contribution in [3.05, 3.63) is 22.8 Å². The van der Waals surface area contributed by atoms with Crippen LogP contribution >= 0.6 is 11.6 Å². The average Bonchev–Trinajstić information content (AvgIpc) is 2.47. The predicted molar refractivity (Wildman–Crippen MR) is 79.7 cm³/mol. The maximum absolute atomic E-state index is 10.6. The first-order valence-electron chi connectivity index (χ1n) is 7.09. The summed E-state index contributed by atoms with van der Waals surface area (Å²) in [5.74, 6) is 1.20. The van der Waals surface area contributed by atoms with E-state index in [1.165, 1.54) is 6.42 Å². The van der Waals surface area contributed by atoms with Crippen molar-refractivity contribution in [2.24, 2.45) is 5.92 Å². The molecule has 0 radical (unpaired) electrons. The molecule has 1 aromatic heterocycles. The first-order chi connectivity index (χ1) is 9.58. The molecule has 0 aromatic carbocycles. The van der Waals surface area contributed by atoms with Crippen molar-refractivity contribution >= 4 is 17.4 Å². The molecule has 0 spiro atoms. The van der Waals surface area contributed by atoms with Gasteiger partial charge in [0, 0.05) is 12.7 Å². The first kappa shape index (κ1) is 15.1. The van der Waals surface area contributed by atoms with Crippen LogP contribution < -0.4 is 5.32 Å².